The third-order valence-electron chi connectivity index (χ3n) is 7.03. The molecular formula is C27H36FNO5S2. The number of rotatable bonds is 10. The second-order valence-corrected chi connectivity index (χ2v) is 13.6. The summed E-state index contributed by atoms with van der Waals surface area (Å²) in [6.07, 6.45) is 3.31. The van der Waals surface area contributed by atoms with E-state index in [2.05, 4.69) is 6.92 Å². The zero-order valence-corrected chi connectivity index (χ0v) is 23.3. The smallest absolute Gasteiger partial charge is 0.319 e. The standard InChI is InChI=1S/C27H36FNO5S2/c1-6-8-13-27(7-2)17-29(21-11-9-20(28)10-12-21)22-15-23(34-5)19(14-24(22)36(32,33)18-27)16-35-26(3,4)25(30)31/h9-12,14-15H,6-8,13,16-18H2,1-5H3,(H,30,31)/t27-/m1/s1. The van der Waals surface area contributed by atoms with Crippen molar-refractivity contribution in [2.75, 3.05) is 24.3 Å². The maximum atomic E-state index is 13.9. The average molecular weight is 538 g/mol. The Morgan fingerprint density at radius 3 is 2.44 bits per heavy atom. The highest BCUT2D eigenvalue weighted by Gasteiger charge is 2.42. The Morgan fingerprint density at radius 1 is 1.22 bits per heavy atom. The van der Waals surface area contributed by atoms with Crippen LogP contribution >= 0.6 is 11.8 Å². The minimum atomic E-state index is -3.69. The van der Waals surface area contributed by atoms with Crippen LogP contribution in [-0.2, 0) is 20.4 Å². The van der Waals surface area contributed by atoms with E-state index < -0.39 is 26.0 Å². The summed E-state index contributed by atoms with van der Waals surface area (Å²) in [5.41, 5.74) is 1.35. The van der Waals surface area contributed by atoms with Crippen LogP contribution in [0.4, 0.5) is 15.8 Å². The predicted molar refractivity (Wildman–Crippen MR) is 144 cm³/mol. The van der Waals surface area contributed by atoms with E-state index in [1.807, 2.05) is 11.8 Å². The van der Waals surface area contributed by atoms with Gasteiger partial charge in [0.05, 0.1) is 23.4 Å². The van der Waals surface area contributed by atoms with Crippen molar-refractivity contribution in [3.8, 4) is 5.75 Å². The lowest BCUT2D eigenvalue weighted by Gasteiger charge is -2.36. The molecule has 0 spiro atoms. The molecule has 0 aromatic heterocycles. The van der Waals surface area contributed by atoms with Crippen molar-refractivity contribution < 1.29 is 27.4 Å². The second kappa shape index (κ2) is 11.0. The topological polar surface area (TPSA) is 83.9 Å². The van der Waals surface area contributed by atoms with E-state index in [9.17, 15) is 22.7 Å². The molecule has 1 aliphatic rings. The molecule has 6 nitrogen and oxygen atoms in total. The lowest BCUT2D eigenvalue weighted by Crippen LogP contribution is -2.37. The highest BCUT2D eigenvalue weighted by molar-refractivity contribution is 8.00. The highest BCUT2D eigenvalue weighted by Crippen LogP contribution is 2.46. The van der Waals surface area contributed by atoms with E-state index in [0.717, 1.165) is 19.3 Å². The van der Waals surface area contributed by atoms with Crippen LogP contribution in [0.2, 0.25) is 0 Å². The molecule has 0 fully saturated rings. The number of halogens is 1. The monoisotopic (exact) mass is 537 g/mol. The molecule has 198 valence electrons. The number of nitrogens with zero attached hydrogens (tertiary/aromatic N) is 1. The number of carboxylic acid groups (broad SMARTS) is 1. The van der Waals surface area contributed by atoms with E-state index >= 15 is 0 Å². The quantitative estimate of drug-likeness (QED) is 0.373. The van der Waals surface area contributed by atoms with Crippen LogP contribution in [0.25, 0.3) is 0 Å². The van der Waals surface area contributed by atoms with Crippen LogP contribution in [-0.4, -0.2) is 43.6 Å². The van der Waals surface area contributed by atoms with Gasteiger partial charge < -0.3 is 14.7 Å². The van der Waals surface area contributed by atoms with Gasteiger partial charge in [-0.05, 0) is 57.0 Å². The van der Waals surface area contributed by atoms with Crippen LogP contribution in [0.5, 0.6) is 5.75 Å². The van der Waals surface area contributed by atoms with E-state index in [1.165, 1.54) is 31.0 Å². The van der Waals surface area contributed by atoms with Gasteiger partial charge in [0.2, 0.25) is 0 Å². The first kappa shape index (κ1) is 28.3. The number of benzene rings is 2. The van der Waals surface area contributed by atoms with Gasteiger partial charge in [-0.25, -0.2) is 12.8 Å². The molecule has 2 aromatic carbocycles. The average Bonchev–Trinajstić information content (AvgIpc) is 2.93. The molecule has 36 heavy (non-hydrogen) atoms. The van der Waals surface area contributed by atoms with Crippen LogP contribution < -0.4 is 9.64 Å². The number of fused-ring (bicyclic) bond motifs is 1. The normalized spacial score (nSPS) is 19.4. The molecule has 1 aliphatic heterocycles. The van der Waals surface area contributed by atoms with Crippen molar-refractivity contribution in [2.24, 2.45) is 5.41 Å². The largest absolute Gasteiger partial charge is 0.496 e. The van der Waals surface area contributed by atoms with Gasteiger partial charge in [-0.1, -0.05) is 26.7 Å². The summed E-state index contributed by atoms with van der Waals surface area (Å²) in [5.74, 6) is -0.528. The Kier molecular flexibility index (Phi) is 8.66. The minimum Gasteiger partial charge on any atom is -0.496 e. The van der Waals surface area contributed by atoms with Gasteiger partial charge in [-0.15, -0.1) is 11.8 Å². The molecule has 0 radical (unpaired) electrons. The molecular weight excluding hydrogens is 501 g/mol. The zero-order chi connectivity index (χ0) is 26.7. The predicted octanol–water partition coefficient (Wildman–Crippen LogP) is 6.44. The molecule has 0 bridgehead atoms. The van der Waals surface area contributed by atoms with Gasteiger partial charge in [0.1, 0.15) is 16.3 Å². The van der Waals surface area contributed by atoms with Crippen LogP contribution in [0, 0.1) is 11.2 Å². The zero-order valence-electron chi connectivity index (χ0n) is 21.6. The maximum Gasteiger partial charge on any atom is 0.319 e. The Bertz CT molecular complexity index is 1200. The number of hydrogen-bond donors (Lipinski definition) is 1. The summed E-state index contributed by atoms with van der Waals surface area (Å²) in [4.78, 5) is 13.8. The van der Waals surface area contributed by atoms with Crippen molar-refractivity contribution in [1.29, 1.82) is 0 Å². The summed E-state index contributed by atoms with van der Waals surface area (Å²) in [7, 11) is -2.18. The van der Waals surface area contributed by atoms with Crippen LogP contribution in [0.15, 0.2) is 41.3 Å². The van der Waals surface area contributed by atoms with Gasteiger partial charge in [0.15, 0.2) is 9.84 Å². The molecule has 1 heterocycles. The van der Waals surface area contributed by atoms with Crippen molar-refractivity contribution in [2.45, 2.75) is 68.8 Å². The molecule has 0 saturated heterocycles. The van der Waals surface area contributed by atoms with E-state index in [0.29, 0.717) is 35.7 Å². The number of anilines is 2. The number of unbranched alkanes of at least 4 members (excludes halogenated alkanes) is 1. The maximum absolute atomic E-state index is 13.9. The third-order valence-corrected chi connectivity index (χ3v) is 10.4. The van der Waals surface area contributed by atoms with Gasteiger partial charge in [-0.2, -0.15) is 0 Å². The van der Waals surface area contributed by atoms with Crippen molar-refractivity contribution in [3.05, 3.63) is 47.8 Å². The molecule has 1 N–H and O–H groups in total. The number of hydrogen-bond acceptors (Lipinski definition) is 6. The van der Waals surface area contributed by atoms with Crippen molar-refractivity contribution in [1.82, 2.24) is 0 Å². The second-order valence-electron chi connectivity index (χ2n) is 10.0. The Hall–Kier alpha value is -2.26. The molecule has 1 atom stereocenters. The number of carbonyl (C=O) groups is 1. The number of methoxy groups -OCH3 is 1. The van der Waals surface area contributed by atoms with E-state index in [1.54, 1.807) is 38.1 Å². The van der Waals surface area contributed by atoms with Gasteiger partial charge in [0, 0.05) is 35.0 Å². The van der Waals surface area contributed by atoms with E-state index in [-0.39, 0.29) is 22.2 Å². The van der Waals surface area contributed by atoms with Gasteiger partial charge in [-0.3, -0.25) is 4.79 Å². The lowest BCUT2D eigenvalue weighted by atomic mass is 9.81. The Morgan fingerprint density at radius 2 is 1.89 bits per heavy atom. The summed E-state index contributed by atoms with van der Waals surface area (Å²) < 4.78 is 46.2. The first-order valence-electron chi connectivity index (χ1n) is 12.2. The Labute approximate surface area is 218 Å². The SMILES string of the molecule is CCCC[C@]1(CC)CN(c2ccc(F)cc2)c2cc(OC)c(CSC(C)(C)C(=O)O)cc2S(=O)(=O)C1. The lowest BCUT2D eigenvalue weighted by molar-refractivity contribution is -0.138. The number of sulfone groups is 1. The van der Waals surface area contributed by atoms with Gasteiger partial charge >= 0.3 is 5.97 Å². The number of carboxylic acids is 1. The molecule has 0 unspecified atom stereocenters. The van der Waals surface area contributed by atoms with Crippen LogP contribution in [0.3, 0.4) is 0 Å². The Balaban J connectivity index is 2.21. The highest BCUT2D eigenvalue weighted by atomic mass is 32.2. The fraction of sp³-hybridized carbons (Fsp3) is 0.519. The van der Waals surface area contributed by atoms with Crippen LogP contribution in [0.1, 0.15) is 58.9 Å². The van der Waals surface area contributed by atoms with Gasteiger partial charge in [0.25, 0.3) is 0 Å². The molecule has 0 amide bonds. The summed E-state index contributed by atoms with van der Waals surface area (Å²) >= 11 is 1.21. The third kappa shape index (κ3) is 5.99. The summed E-state index contributed by atoms with van der Waals surface area (Å²) in [6.45, 7) is 7.83. The van der Waals surface area contributed by atoms with Crippen molar-refractivity contribution in [3.63, 3.8) is 0 Å². The van der Waals surface area contributed by atoms with Crippen molar-refractivity contribution >= 4 is 38.9 Å². The first-order valence-corrected chi connectivity index (χ1v) is 14.9. The number of thioether (sulfide) groups is 1. The molecule has 0 saturated carbocycles. The minimum absolute atomic E-state index is 0.0146. The summed E-state index contributed by atoms with van der Waals surface area (Å²) in [6, 6.07) is 9.46. The van der Waals surface area contributed by atoms with E-state index in [4.69, 9.17) is 4.74 Å². The first-order chi connectivity index (χ1) is 16.9. The fourth-order valence-electron chi connectivity index (χ4n) is 4.57. The fourth-order valence-corrected chi connectivity index (χ4v) is 7.64. The number of ether oxygens (including phenoxy) is 1. The number of aliphatic carboxylic acids is 1. The molecule has 9 heteroatoms. The molecule has 2 aromatic rings. The molecule has 0 aliphatic carbocycles. The summed E-state index contributed by atoms with van der Waals surface area (Å²) in [5, 5.41) is 9.51. The molecule has 3 rings (SSSR count).